The monoisotopic (exact) mass is 491 g/mol. The molecule has 0 amide bonds. The normalized spacial score (nSPS) is 17.6. The minimum Gasteiger partial charge on any atom is -0.459 e. The van der Waals surface area contributed by atoms with Crippen LogP contribution in [0.3, 0.4) is 0 Å². The molecule has 0 saturated carbocycles. The van der Waals surface area contributed by atoms with Gasteiger partial charge in [0.2, 0.25) is 0 Å². The first-order valence-corrected chi connectivity index (χ1v) is 12.5. The predicted molar refractivity (Wildman–Crippen MR) is 139 cm³/mol. The van der Waals surface area contributed by atoms with E-state index in [1.165, 1.54) is 12.1 Å². The number of benzene rings is 2. The van der Waals surface area contributed by atoms with E-state index in [4.69, 9.17) is 9.47 Å². The second-order valence-electron chi connectivity index (χ2n) is 9.68. The molecular weight excluding hydrogens is 457 g/mol. The van der Waals surface area contributed by atoms with Gasteiger partial charge in [-0.3, -0.25) is 4.90 Å². The lowest BCUT2D eigenvalue weighted by Gasteiger charge is -2.38. The van der Waals surface area contributed by atoms with Gasteiger partial charge < -0.3 is 14.4 Å². The highest BCUT2D eigenvalue weighted by atomic mass is 19.1. The van der Waals surface area contributed by atoms with Crippen molar-refractivity contribution in [2.24, 2.45) is 0 Å². The molecule has 0 aliphatic carbocycles. The molecule has 1 aliphatic rings. The predicted octanol–water partition coefficient (Wildman–Crippen LogP) is 6.07. The Morgan fingerprint density at radius 1 is 1.14 bits per heavy atom. The number of carbonyl (C=O) groups excluding carboxylic acids is 1. The first-order chi connectivity index (χ1) is 17.3. The molecule has 1 fully saturated rings. The van der Waals surface area contributed by atoms with Gasteiger partial charge in [0.15, 0.2) is 0 Å². The third kappa shape index (κ3) is 5.85. The smallest absolute Gasteiger partial charge is 0.342 e. The van der Waals surface area contributed by atoms with E-state index in [1.807, 2.05) is 32.0 Å². The zero-order valence-electron chi connectivity index (χ0n) is 21.4. The molecule has 0 N–H and O–H groups in total. The SMILES string of the molecule is CCN(Cc1ccccc1Oc1ccc(F)cc1)C1(C)CCN(c2ncccc2C(=O)OC(C)C)C1. The lowest BCUT2D eigenvalue weighted by atomic mass is 9.97. The van der Waals surface area contributed by atoms with E-state index < -0.39 is 0 Å². The van der Waals surface area contributed by atoms with Crippen molar-refractivity contribution in [2.75, 3.05) is 24.5 Å². The number of likely N-dealkylation sites (N-methyl/N-ethyl adjacent to an activating group) is 1. The number of aromatic nitrogens is 1. The van der Waals surface area contributed by atoms with Crippen LogP contribution in [-0.2, 0) is 11.3 Å². The average Bonchev–Trinajstić information content (AvgIpc) is 3.27. The largest absolute Gasteiger partial charge is 0.459 e. The summed E-state index contributed by atoms with van der Waals surface area (Å²) in [5.41, 5.74) is 1.42. The van der Waals surface area contributed by atoms with E-state index in [0.29, 0.717) is 23.7 Å². The highest BCUT2D eigenvalue weighted by molar-refractivity contribution is 5.95. The number of halogens is 1. The summed E-state index contributed by atoms with van der Waals surface area (Å²) in [6, 6.07) is 17.6. The Hall–Kier alpha value is -3.45. The number of pyridine rings is 1. The van der Waals surface area contributed by atoms with Crippen LogP contribution in [0.25, 0.3) is 0 Å². The number of esters is 1. The maximum absolute atomic E-state index is 13.3. The molecule has 190 valence electrons. The number of carbonyl (C=O) groups is 1. The number of anilines is 1. The molecular formula is C29H34FN3O3. The summed E-state index contributed by atoms with van der Waals surface area (Å²) in [4.78, 5) is 21.9. The highest BCUT2D eigenvalue weighted by Gasteiger charge is 2.40. The van der Waals surface area contributed by atoms with Crippen molar-refractivity contribution in [3.8, 4) is 11.5 Å². The molecule has 0 bridgehead atoms. The van der Waals surface area contributed by atoms with Crippen molar-refractivity contribution < 1.29 is 18.7 Å². The van der Waals surface area contributed by atoms with Gasteiger partial charge in [0.1, 0.15) is 28.7 Å². The van der Waals surface area contributed by atoms with E-state index in [0.717, 1.165) is 37.4 Å². The summed E-state index contributed by atoms with van der Waals surface area (Å²) in [5, 5.41) is 0. The molecule has 1 aromatic heterocycles. The van der Waals surface area contributed by atoms with Crippen LogP contribution in [0, 0.1) is 5.82 Å². The molecule has 0 radical (unpaired) electrons. The van der Waals surface area contributed by atoms with Crippen molar-refractivity contribution >= 4 is 11.8 Å². The molecule has 1 unspecified atom stereocenters. The Morgan fingerprint density at radius 3 is 2.61 bits per heavy atom. The maximum Gasteiger partial charge on any atom is 0.342 e. The molecule has 2 aromatic carbocycles. The van der Waals surface area contributed by atoms with Gasteiger partial charge in [-0.1, -0.05) is 25.1 Å². The van der Waals surface area contributed by atoms with Gasteiger partial charge >= 0.3 is 5.97 Å². The van der Waals surface area contributed by atoms with E-state index in [-0.39, 0.29) is 23.4 Å². The zero-order chi connectivity index (χ0) is 25.7. The van der Waals surface area contributed by atoms with E-state index in [9.17, 15) is 9.18 Å². The maximum atomic E-state index is 13.3. The molecule has 6 nitrogen and oxygen atoms in total. The Kier molecular flexibility index (Phi) is 7.89. The zero-order valence-corrected chi connectivity index (χ0v) is 21.4. The van der Waals surface area contributed by atoms with Crippen molar-refractivity contribution in [2.45, 2.75) is 52.3 Å². The van der Waals surface area contributed by atoms with Gasteiger partial charge in [-0.25, -0.2) is 14.2 Å². The van der Waals surface area contributed by atoms with Crippen molar-refractivity contribution in [1.82, 2.24) is 9.88 Å². The quantitative estimate of drug-likeness (QED) is 0.339. The van der Waals surface area contributed by atoms with Crippen LogP contribution in [0.5, 0.6) is 11.5 Å². The molecule has 1 aliphatic heterocycles. The van der Waals surface area contributed by atoms with Gasteiger partial charge in [-0.05, 0) is 76.2 Å². The molecule has 36 heavy (non-hydrogen) atoms. The first-order valence-electron chi connectivity index (χ1n) is 12.5. The van der Waals surface area contributed by atoms with Crippen LogP contribution in [0.1, 0.15) is 50.0 Å². The Labute approximate surface area is 212 Å². The summed E-state index contributed by atoms with van der Waals surface area (Å²) in [5.74, 6) is 1.38. The van der Waals surface area contributed by atoms with Crippen LogP contribution in [0.15, 0.2) is 66.9 Å². The topological polar surface area (TPSA) is 54.9 Å². The molecule has 1 atom stereocenters. The minimum atomic E-state index is -0.346. The molecule has 0 spiro atoms. The van der Waals surface area contributed by atoms with E-state index in [2.05, 4.69) is 34.7 Å². The van der Waals surface area contributed by atoms with Crippen LogP contribution in [0.2, 0.25) is 0 Å². The third-order valence-electron chi connectivity index (χ3n) is 6.62. The number of nitrogens with zero attached hydrogens (tertiary/aromatic N) is 3. The molecule has 3 aromatic rings. The molecule has 1 saturated heterocycles. The number of para-hydroxylation sites is 1. The number of hydrogen-bond acceptors (Lipinski definition) is 6. The highest BCUT2D eigenvalue weighted by Crippen LogP contribution is 2.35. The van der Waals surface area contributed by atoms with Crippen LogP contribution in [-0.4, -0.2) is 47.1 Å². The molecule has 4 rings (SSSR count). The van der Waals surface area contributed by atoms with Crippen LogP contribution in [0.4, 0.5) is 10.2 Å². The van der Waals surface area contributed by atoms with E-state index in [1.54, 1.807) is 30.5 Å². The van der Waals surface area contributed by atoms with E-state index >= 15 is 0 Å². The fourth-order valence-electron chi connectivity index (χ4n) is 4.72. The second kappa shape index (κ2) is 11.1. The number of hydrogen-bond donors (Lipinski definition) is 0. The lowest BCUT2D eigenvalue weighted by molar-refractivity contribution is 0.0378. The summed E-state index contributed by atoms with van der Waals surface area (Å²) in [6.45, 7) is 11.2. The Morgan fingerprint density at radius 2 is 1.89 bits per heavy atom. The Balaban J connectivity index is 1.52. The lowest BCUT2D eigenvalue weighted by Crippen LogP contribution is -2.48. The fourth-order valence-corrected chi connectivity index (χ4v) is 4.72. The van der Waals surface area contributed by atoms with Crippen molar-refractivity contribution in [3.05, 3.63) is 83.8 Å². The van der Waals surface area contributed by atoms with Crippen molar-refractivity contribution in [3.63, 3.8) is 0 Å². The van der Waals surface area contributed by atoms with Crippen molar-refractivity contribution in [1.29, 1.82) is 0 Å². The number of rotatable bonds is 9. The Bertz CT molecular complexity index is 1180. The van der Waals surface area contributed by atoms with Gasteiger partial charge in [-0.2, -0.15) is 0 Å². The number of ether oxygens (including phenoxy) is 2. The first kappa shape index (κ1) is 25.6. The summed E-state index contributed by atoms with van der Waals surface area (Å²) >= 11 is 0. The fraction of sp³-hybridized carbons (Fsp3) is 0.379. The van der Waals surface area contributed by atoms with Crippen LogP contribution < -0.4 is 9.64 Å². The summed E-state index contributed by atoms with van der Waals surface area (Å²) < 4.78 is 24.9. The third-order valence-corrected chi connectivity index (χ3v) is 6.62. The molecule has 7 heteroatoms. The minimum absolute atomic E-state index is 0.130. The second-order valence-corrected chi connectivity index (χ2v) is 9.68. The average molecular weight is 492 g/mol. The van der Waals surface area contributed by atoms with Gasteiger partial charge in [0, 0.05) is 36.9 Å². The van der Waals surface area contributed by atoms with Gasteiger partial charge in [-0.15, -0.1) is 0 Å². The standard InChI is InChI=1S/C29H34FN3O3/c1-5-33(19-22-9-6-7-11-26(22)36-24-14-12-23(30)13-15-24)29(4)16-18-32(20-29)27-25(10-8-17-31-27)28(34)35-21(2)3/h6-15,17,21H,5,16,18-20H2,1-4H3. The van der Waals surface area contributed by atoms with Gasteiger partial charge in [0.05, 0.1) is 6.10 Å². The summed E-state index contributed by atoms with van der Waals surface area (Å²) in [6.07, 6.45) is 2.46. The molecule has 2 heterocycles. The van der Waals surface area contributed by atoms with Crippen LogP contribution >= 0.6 is 0 Å². The van der Waals surface area contributed by atoms with Gasteiger partial charge in [0.25, 0.3) is 0 Å². The summed E-state index contributed by atoms with van der Waals surface area (Å²) in [7, 11) is 0.